The maximum atomic E-state index is 11.8. The van der Waals surface area contributed by atoms with Gasteiger partial charge in [0.15, 0.2) is 5.78 Å². The second kappa shape index (κ2) is 4.08. The Labute approximate surface area is 78.5 Å². The van der Waals surface area contributed by atoms with Gasteiger partial charge in [0.05, 0.1) is 6.42 Å². The largest absolute Gasteiger partial charge is 0.296 e. The van der Waals surface area contributed by atoms with Crippen LogP contribution in [0.1, 0.15) is 16.9 Å². The van der Waals surface area contributed by atoms with Crippen LogP contribution in [0.25, 0.3) is 0 Å². The Balaban J connectivity index is 2.69. The maximum absolute atomic E-state index is 11.8. The summed E-state index contributed by atoms with van der Waals surface area (Å²) in [7, 11) is 1.50. The summed E-state index contributed by atoms with van der Waals surface area (Å²) in [4.78, 5) is 21.8. The molecule has 0 aliphatic heterocycles. The van der Waals surface area contributed by atoms with Gasteiger partial charge in [-0.3, -0.25) is 14.3 Å². The minimum absolute atomic E-state index is 0.152. The monoisotopic (exact) mass is 202 g/mol. The van der Waals surface area contributed by atoms with Gasteiger partial charge in [0.1, 0.15) is 5.69 Å². The lowest BCUT2D eigenvalue weighted by molar-refractivity contribution is -0.128. The highest BCUT2D eigenvalue weighted by Gasteiger charge is 2.21. The summed E-state index contributed by atoms with van der Waals surface area (Å²) < 4.78 is 24.9. The average Bonchev–Trinajstić information content (AvgIpc) is 2.51. The molecule has 1 rings (SSSR count). The molecule has 0 saturated carbocycles. The van der Waals surface area contributed by atoms with Crippen molar-refractivity contribution < 1.29 is 18.4 Å². The first-order valence-corrected chi connectivity index (χ1v) is 3.84. The Kier molecular flexibility index (Phi) is 3.06. The predicted octanol–water partition coefficient (Wildman–Crippen LogP) is 0.827. The van der Waals surface area contributed by atoms with Gasteiger partial charge in [-0.25, -0.2) is 8.78 Å². The van der Waals surface area contributed by atoms with Gasteiger partial charge >= 0.3 is 0 Å². The molecule has 6 heteroatoms. The smallest absolute Gasteiger partial charge is 0.293 e. The lowest BCUT2D eigenvalue weighted by atomic mass is 10.1. The third kappa shape index (κ3) is 2.21. The van der Waals surface area contributed by atoms with Gasteiger partial charge in [0.2, 0.25) is 5.78 Å². The highest BCUT2D eigenvalue weighted by atomic mass is 19.3. The standard InChI is InChI=1S/C8H8F2N2O2/c1-12-5(2-3-11-12)6(13)4-7(14)8(9)10/h2-3,8H,4H2,1H3. The van der Waals surface area contributed by atoms with Gasteiger partial charge in [0, 0.05) is 13.2 Å². The Morgan fingerprint density at radius 2 is 2.21 bits per heavy atom. The molecule has 0 aliphatic carbocycles. The van der Waals surface area contributed by atoms with Crippen molar-refractivity contribution in [2.75, 3.05) is 0 Å². The van der Waals surface area contributed by atoms with Crippen molar-refractivity contribution >= 4 is 11.6 Å². The van der Waals surface area contributed by atoms with E-state index in [0.29, 0.717) is 0 Å². The highest BCUT2D eigenvalue weighted by molar-refractivity contribution is 6.07. The molecule has 1 aromatic rings. The van der Waals surface area contributed by atoms with Crippen LogP contribution in [0.5, 0.6) is 0 Å². The number of nitrogens with zero attached hydrogens (tertiary/aromatic N) is 2. The zero-order chi connectivity index (χ0) is 10.7. The first-order chi connectivity index (χ1) is 6.52. The fourth-order valence-corrected chi connectivity index (χ4v) is 0.973. The molecule has 0 spiro atoms. The lowest BCUT2D eigenvalue weighted by Crippen LogP contribution is -2.17. The topological polar surface area (TPSA) is 52.0 Å². The van der Waals surface area contributed by atoms with Gasteiger partial charge < -0.3 is 0 Å². The SMILES string of the molecule is Cn1nccc1C(=O)CC(=O)C(F)F. The van der Waals surface area contributed by atoms with E-state index in [2.05, 4.69) is 5.10 Å². The minimum atomic E-state index is -3.09. The van der Waals surface area contributed by atoms with Crippen LogP contribution in [-0.2, 0) is 11.8 Å². The van der Waals surface area contributed by atoms with E-state index in [1.54, 1.807) is 0 Å². The van der Waals surface area contributed by atoms with E-state index in [4.69, 9.17) is 0 Å². The number of ketones is 2. The zero-order valence-electron chi connectivity index (χ0n) is 7.41. The summed E-state index contributed by atoms with van der Waals surface area (Å²) in [5, 5.41) is 3.69. The average molecular weight is 202 g/mol. The number of hydrogen-bond donors (Lipinski definition) is 0. The van der Waals surface area contributed by atoms with Gasteiger partial charge in [-0.1, -0.05) is 0 Å². The second-order valence-electron chi connectivity index (χ2n) is 2.71. The quantitative estimate of drug-likeness (QED) is 0.536. The molecule has 0 aromatic carbocycles. The molecule has 1 heterocycles. The molecule has 0 saturated heterocycles. The Morgan fingerprint density at radius 1 is 1.57 bits per heavy atom. The van der Waals surface area contributed by atoms with Crippen molar-refractivity contribution in [3.8, 4) is 0 Å². The van der Waals surface area contributed by atoms with Crippen LogP contribution in [0.15, 0.2) is 12.3 Å². The van der Waals surface area contributed by atoms with E-state index in [0.717, 1.165) is 0 Å². The summed E-state index contributed by atoms with van der Waals surface area (Å²) >= 11 is 0. The second-order valence-corrected chi connectivity index (χ2v) is 2.71. The highest BCUT2D eigenvalue weighted by Crippen LogP contribution is 2.05. The minimum Gasteiger partial charge on any atom is -0.293 e. The van der Waals surface area contributed by atoms with Crippen LogP contribution < -0.4 is 0 Å². The van der Waals surface area contributed by atoms with E-state index in [-0.39, 0.29) is 5.69 Å². The summed E-state index contributed by atoms with van der Waals surface area (Å²) in [5.41, 5.74) is 0.152. The van der Waals surface area contributed by atoms with Crippen LogP contribution in [0.2, 0.25) is 0 Å². The van der Waals surface area contributed by atoms with Gasteiger partial charge in [-0.2, -0.15) is 5.10 Å². The van der Waals surface area contributed by atoms with Crippen LogP contribution in [-0.4, -0.2) is 27.8 Å². The van der Waals surface area contributed by atoms with Gasteiger partial charge in [-0.15, -0.1) is 0 Å². The number of carbonyl (C=O) groups is 2. The predicted molar refractivity (Wildman–Crippen MR) is 43.2 cm³/mol. The number of aromatic nitrogens is 2. The molecular formula is C8H8F2N2O2. The molecule has 0 atom stereocenters. The third-order valence-electron chi connectivity index (χ3n) is 1.68. The van der Waals surface area contributed by atoms with E-state index >= 15 is 0 Å². The van der Waals surface area contributed by atoms with Crippen molar-refractivity contribution in [2.45, 2.75) is 12.8 Å². The molecule has 0 unspecified atom stereocenters. The number of hydrogen-bond acceptors (Lipinski definition) is 3. The fraction of sp³-hybridized carbons (Fsp3) is 0.375. The molecule has 0 radical (unpaired) electrons. The number of Topliss-reactive ketones (excluding diaryl/α,β-unsaturated/α-hetero) is 2. The third-order valence-corrected chi connectivity index (χ3v) is 1.68. The lowest BCUT2D eigenvalue weighted by Gasteiger charge is -1.99. The summed E-state index contributed by atoms with van der Waals surface area (Å²) in [6.45, 7) is 0. The number of halogens is 2. The van der Waals surface area contributed by atoms with Crippen molar-refractivity contribution in [3.05, 3.63) is 18.0 Å². The molecule has 0 bridgehead atoms. The summed E-state index contributed by atoms with van der Waals surface area (Å²) in [6, 6.07) is 1.38. The Hall–Kier alpha value is -1.59. The van der Waals surface area contributed by atoms with Crippen LogP contribution in [0.4, 0.5) is 8.78 Å². The van der Waals surface area contributed by atoms with Crippen LogP contribution in [0.3, 0.4) is 0 Å². The summed E-state index contributed by atoms with van der Waals surface area (Å²) in [5.74, 6) is -2.01. The van der Waals surface area contributed by atoms with E-state index < -0.39 is 24.4 Å². The fourth-order valence-electron chi connectivity index (χ4n) is 0.973. The Morgan fingerprint density at radius 3 is 2.64 bits per heavy atom. The molecule has 0 amide bonds. The molecule has 0 fully saturated rings. The molecule has 76 valence electrons. The van der Waals surface area contributed by atoms with Gasteiger partial charge in [0.25, 0.3) is 6.43 Å². The van der Waals surface area contributed by atoms with Crippen molar-refractivity contribution in [1.29, 1.82) is 0 Å². The van der Waals surface area contributed by atoms with Crippen molar-refractivity contribution in [3.63, 3.8) is 0 Å². The number of aryl methyl sites for hydroxylation is 1. The number of rotatable bonds is 4. The molecule has 0 N–H and O–H groups in total. The molecular weight excluding hydrogens is 194 g/mol. The van der Waals surface area contributed by atoms with E-state index in [1.807, 2.05) is 0 Å². The first-order valence-electron chi connectivity index (χ1n) is 3.84. The van der Waals surface area contributed by atoms with E-state index in [1.165, 1.54) is 24.0 Å². The number of alkyl halides is 2. The van der Waals surface area contributed by atoms with Crippen molar-refractivity contribution in [2.24, 2.45) is 7.05 Å². The molecule has 14 heavy (non-hydrogen) atoms. The van der Waals surface area contributed by atoms with E-state index in [9.17, 15) is 18.4 Å². The normalized spacial score (nSPS) is 10.6. The summed E-state index contributed by atoms with van der Waals surface area (Å²) in [6.07, 6.45) is -2.51. The molecule has 4 nitrogen and oxygen atoms in total. The van der Waals surface area contributed by atoms with Crippen LogP contribution >= 0.6 is 0 Å². The maximum Gasteiger partial charge on any atom is 0.296 e. The van der Waals surface area contributed by atoms with Crippen LogP contribution in [0, 0.1) is 0 Å². The molecule has 1 aromatic heterocycles. The molecule has 0 aliphatic rings. The van der Waals surface area contributed by atoms with Gasteiger partial charge in [-0.05, 0) is 6.07 Å². The van der Waals surface area contributed by atoms with Crippen molar-refractivity contribution in [1.82, 2.24) is 9.78 Å². The Bertz CT molecular complexity index is 360. The first kappa shape index (κ1) is 10.5. The number of carbonyl (C=O) groups excluding carboxylic acids is 2. The zero-order valence-corrected chi connectivity index (χ0v) is 7.41.